The fraction of sp³-hybridized carbons (Fsp3) is 0.333. The monoisotopic (exact) mass is 298 g/mol. The van der Waals surface area contributed by atoms with Gasteiger partial charge >= 0.3 is 0 Å². The molecule has 1 N–H and O–H groups in total. The van der Waals surface area contributed by atoms with Gasteiger partial charge in [0.15, 0.2) is 0 Å². The number of amides is 1. The van der Waals surface area contributed by atoms with Crippen LogP contribution >= 0.6 is 0 Å². The largest absolute Gasteiger partial charge is 0.355 e. The average molecular weight is 298 g/mol. The molecule has 0 saturated heterocycles. The topological polar surface area (TPSA) is 51.1 Å². The molecule has 0 saturated carbocycles. The molecule has 0 spiro atoms. The minimum Gasteiger partial charge on any atom is -0.355 e. The van der Waals surface area contributed by atoms with Gasteiger partial charge in [0.1, 0.15) is 0 Å². The fourth-order valence-electron chi connectivity index (χ4n) is 2.70. The second-order valence-corrected chi connectivity index (χ2v) is 5.74. The van der Waals surface area contributed by atoms with Gasteiger partial charge in [-0.2, -0.15) is 0 Å². The van der Waals surface area contributed by atoms with E-state index in [4.69, 9.17) is 0 Å². The Balaban J connectivity index is 2.60. The number of nitrogens with one attached hydrogen (secondary N) is 1. The lowest BCUT2D eigenvalue weighted by Crippen LogP contribution is -2.29. The van der Waals surface area contributed by atoms with Gasteiger partial charge in [-0.05, 0) is 38.0 Å². The van der Waals surface area contributed by atoms with E-state index < -0.39 is 0 Å². The Morgan fingerprint density at radius 2 is 1.82 bits per heavy atom. The minimum absolute atomic E-state index is 0.0626. The molecule has 1 aromatic heterocycles. The van der Waals surface area contributed by atoms with Gasteiger partial charge in [0, 0.05) is 31.8 Å². The minimum atomic E-state index is -0.168. The van der Waals surface area contributed by atoms with Crippen LogP contribution in [0, 0.1) is 20.8 Å². The summed E-state index contributed by atoms with van der Waals surface area (Å²) in [5.74, 6) is -0.168. The highest BCUT2D eigenvalue weighted by molar-refractivity contribution is 5.95. The van der Waals surface area contributed by atoms with E-state index in [1.807, 2.05) is 19.9 Å². The Morgan fingerprint density at radius 1 is 1.14 bits per heavy atom. The molecule has 0 atom stereocenters. The van der Waals surface area contributed by atoms with Crippen LogP contribution in [0.25, 0.3) is 0 Å². The number of pyridine rings is 1. The molecule has 0 bridgehead atoms. The third-order valence-corrected chi connectivity index (χ3v) is 4.05. The van der Waals surface area contributed by atoms with Crippen molar-refractivity contribution >= 4 is 5.91 Å². The van der Waals surface area contributed by atoms with Crippen molar-refractivity contribution in [3.05, 3.63) is 68.1 Å². The van der Waals surface area contributed by atoms with E-state index in [1.165, 1.54) is 5.56 Å². The molecule has 0 fully saturated rings. The highest BCUT2D eigenvalue weighted by Gasteiger charge is 2.16. The van der Waals surface area contributed by atoms with Crippen LogP contribution in [0.1, 0.15) is 38.3 Å². The van der Waals surface area contributed by atoms with E-state index in [0.717, 1.165) is 16.8 Å². The Kier molecular flexibility index (Phi) is 4.50. The molecular formula is C18H22N2O2. The van der Waals surface area contributed by atoms with Gasteiger partial charge < -0.3 is 9.88 Å². The van der Waals surface area contributed by atoms with Crippen LogP contribution in [-0.2, 0) is 13.5 Å². The number of carbonyl (C=O) groups excluding carboxylic acids is 1. The molecule has 0 aliphatic heterocycles. The summed E-state index contributed by atoms with van der Waals surface area (Å²) >= 11 is 0. The Morgan fingerprint density at radius 3 is 2.41 bits per heavy atom. The van der Waals surface area contributed by atoms with E-state index in [2.05, 4.69) is 17.4 Å². The van der Waals surface area contributed by atoms with E-state index in [1.54, 1.807) is 31.7 Å². The van der Waals surface area contributed by atoms with Crippen LogP contribution in [0.2, 0.25) is 0 Å². The van der Waals surface area contributed by atoms with Gasteiger partial charge in [0.2, 0.25) is 0 Å². The summed E-state index contributed by atoms with van der Waals surface area (Å²) in [6.07, 6.45) is 0.556. The van der Waals surface area contributed by atoms with Crippen molar-refractivity contribution in [2.75, 3.05) is 7.05 Å². The lowest BCUT2D eigenvalue weighted by atomic mass is 9.98. The van der Waals surface area contributed by atoms with Crippen molar-refractivity contribution in [3.63, 3.8) is 0 Å². The molecule has 1 amide bonds. The summed E-state index contributed by atoms with van der Waals surface area (Å²) in [5, 5.41) is 2.65. The van der Waals surface area contributed by atoms with Crippen LogP contribution in [0.3, 0.4) is 0 Å². The van der Waals surface area contributed by atoms with Crippen molar-refractivity contribution in [2.24, 2.45) is 7.05 Å². The standard InChI is InChI=1S/C18H22N2O2/c1-11-6-7-14(12(2)8-11)10-16-15(17(21)19-4)9-13(3)18(22)20(16)5/h6-9H,10H2,1-5H3,(H,19,21). The number of rotatable bonds is 3. The Hall–Kier alpha value is -2.36. The summed E-state index contributed by atoms with van der Waals surface area (Å²) in [7, 11) is 3.32. The summed E-state index contributed by atoms with van der Waals surface area (Å²) in [5.41, 5.74) is 5.29. The third kappa shape index (κ3) is 2.96. The van der Waals surface area contributed by atoms with Gasteiger partial charge in [0.05, 0.1) is 5.56 Å². The molecule has 0 radical (unpaired) electrons. The maximum Gasteiger partial charge on any atom is 0.253 e. The third-order valence-electron chi connectivity index (χ3n) is 4.05. The molecule has 0 unspecified atom stereocenters. The number of nitrogens with zero attached hydrogens (tertiary/aromatic N) is 1. The van der Waals surface area contributed by atoms with Gasteiger partial charge in [0.25, 0.3) is 11.5 Å². The molecule has 2 aromatic rings. The normalized spacial score (nSPS) is 10.6. The van der Waals surface area contributed by atoms with E-state index in [0.29, 0.717) is 17.5 Å². The van der Waals surface area contributed by atoms with Crippen molar-refractivity contribution in [1.82, 2.24) is 9.88 Å². The summed E-state index contributed by atoms with van der Waals surface area (Å²) in [6.45, 7) is 5.83. The molecular weight excluding hydrogens is 276 g/mol. The Bertz CT molecular complexity index is 788. The highest BCUT2D eigenvalue weighted by atomic mass is 16.1. The summed E-state index contributed by atoms with van der Waals surface area (Å²) in [4.78, 5) is 24.4. The quantitative estimate of drug-likeness (QED) is 0.945. The second kappa shape index (κ2) is 6.18. The number of aryl methyl sites for hydroxylation is 3. The number of aromatic nitrogens is 1. The smallest absolute Gasteiger partial charge is 0.253 e. The predicted octanol–water partition coefficient (Wildman–Crippen LogP) is 2.26. The zero-order valence-electron chi connectivity index (χ0n) is 13.8. The maximum atomic E-state index is 12.2. The first-order valence-electron chi connectivity index (χ1n) is 7.33. The van der Waals surface area contributed by atoms with Crippen LogP contribution in [0.4, 0.5) is 0 Å². The summed E-state index contributed by atoms with van der Waals surface area (Å²) < 4.78 is 1.58. The second-order valence-electron chi connectivity index (χ2n) is 5.74. The molecule has 2 rings (SSSR count). The van der Waals surface area contributed by atoms with E-state index >= 15 is 0 Å². The van der Waals surface area contributed by atoms with Crippen LogP contribution in [0.15, 0.2) is 29.1 Å². The number of hydrogen-bond acceptors (Lipinski definition) is 2. The SMILES string of the molecule is CNC(=O)c1cc(C)c(=O)n(C)c1Cc1ccc(C)cc1C. The number of hydrogen-bond donors (Lipinski definition) is 1. The van der Waals surface area contributed by atoms with Crippen LogP contribution < -0.4 is 10.9 Å². The molecule has 22 heavy (non-hydrogen) atoms. The first kappa shape index (κ1) is 16.0. The van der Waals surface area contributed by atoms with Gasteiger partial charge in [-0.3, -0.25) is 9.59 Å². The average Bonchev–Trinajstić information content (AvgIpc) is 2.49. The number of carbonyl (C=O) groups is 1. The van der Waals surface area contributed by atoms with Crippen molar-refractivity contribution in [3.8, 4) is 0 Å². The van der Waals surface area contributed by atoms with Gasteiger partial charge in [-0.25, -0.2) is 0 Å². The molecule has 4 nitrogen and oxygen atoms in total. The molecule has 0 aliphatic carbocycles. The van der Waals surface area contributed by atoms with Gasteiger partial charge in [-0.15, -0.1) is 0 Å². The fourth-order valence-corrected chi connectivity index (χ4v) is 2.70. The molecule has 0 aliphatic rings. The highest BCUT2D eigenvalue weighted by Crippen LogP contribution is 2.18. The molecule has 4 heteroatoms. The van der Waals surface area contributed by atoms with E-state index in [9.17, 15) is 9.59 Å². The predicted molar refractivity (Wildman–Crippen MR) is 88.5 cm³/mol. The summed E-state index contributed by atoms with van der Waals surface area (Å²) in [6, 6.07) is 7.90. The van der Waals surface area contributed by atoms with Crippen LogP contribution in [-0.4, -0.2) is 17.5 Å². The first-order chi connectivity index (χ1) is 10.3. The molecule has 1 aromatic carbocycles. The maximum absolute atomic E-state index is 12.2. The lowest BCUT2D eigenvalue weighted by Gasteiger charge is -2.16. The van der Waals surface area contributed by atoms with Crippen LogP contribution in [0.5, 0.6) is 0 Å². The van der Waals surface area contributed by atoms with Crippen molar-refractivity contribution in [2.45, 2.75) is 27.2 Å². The van der Waals surface area contributed by atoms with Crippen molar-refractivity contribution in [1.29, 1.82) is 0 Å². The lowest BCUT2D eigenvalue weighted by molar-refractivity contribution is 0.0961. The first-order valence-corrected chi connectivity index (χ1v) is 7.33. The number of benzene rings is 1. The zero-order chi connectivity index (χ0) is 16.4. The van der Waals surface area contributed by atoms with Gasteiger partial charge in [-0.1, -0.05) is 23.8 Å². The molecule has 1 heterocycles. The molecule has 116 valence electrons. The van der Waals surface area contributed by atoms with Crippen molar-refractivity contribution < 1.29 is 4.79 Å². The van der Waals surface area contributed by atoms with E-state index in [-0.39, 0.29) is 11.5 Å². The zero-order valence-corrected chi connectivity index (χ0v) is 13.8. The Labute approximate surface area is 130 Å².